The van der Waals surface area contributed by atoms with Crippen LogP contribution in [0.15, 0.2) is 48.5 Å². The van der Waals surface area contributed by atoms with E-state index in [1.807, 2.05) is 24.3 Å². The number of anilines is 2. The van der Waals surface area contributed by atoms with Crippen molar-refractivity contribution in [3.05, 3.63) is 59.7 Å². The quantitative estimate of drug-likeness (QED) is 0.908. The summed E-state index contributed by atoms with van der Waals surface area (Å²) in [4.78, 5) is 2.25. The molecule has 0 radical (unpaired) electrons. The number of nitrogens with one attached hydrogen (secondary N) is 1. The van der Waals surface area contributed by atoms with Gasteiger partial charge >= 0.3 is 6.18 Å². The molecule has 1 aliphatic rings. The molecule has 3 rings (SSSR count). The van der Waals surface area contributed by atoms with Crippen molar-refractivity contribution in [3.8, 4) is 0 Å². The second kappa shape index (κ2) is 7.13. The van der Waals surface area contributed by atoms with Gasteiger partial charge in [-0.15, -0.1) is 0 Å². The molecule has 1 saturated heterocycles. The maximum atomic E-state index is 12.7. The molecule has 0 saturated carbocycles. The molecule has 2 aromatic carbocycles. The Morgan fingerprint density at radius 1 is 1.00 bits per heavy atom. The van der Waals surface area contributed by atoms with Gasteiger partial charge in [0.05, 0.1) is 18.8 Å². The van der Waals surface area contributed by atoms with Crippen molar-refractivity contribution < 1.29 is 17.9 Å². The number of nitrogens with zero attached hydrogens (tertiary/aromatic N) is 1. The summed E-state index contributed by atoms with van der Waals surface area (Å²) >= 11 is 0. The highest BCUT2D eigenvalue weighted by Gasteiger charge is 2.30. The fraction of sp³-hybridized carbons (Fsp3) is 0.333. The third-order valence-corrected chi connectivity index (χ3v) is 3.99. The van der Waals surface area contributed by atoms with Crippen molar-refractivity contribution in [2.45, 2.75) is 12.7 Å². The first-order chi connectivity index (χ1) is 11.5. The fourth-order valence-electron chi connectivity index (χ4n) is 2.67. The molecule has 0 spiro atoms. The van der Waals surface area contributed by atoms with Crippen molar-refractivity contribution in [2.75, 3.05) is 36.5 Å². The Hall–Kier alpha value is -2.21. The van der Waals surface area contributed by atoms with Gasteiger partial charge in [-0.3, -0.25) is 0 Å². The molecular formula is C18H19F3N2O. The Bertz CT molecular complexity index is 665. The van der Waals surface area contributed by atoms with E-state index in [4.69, 9.17) is 4.74 Å². The third kappa shape index (κ3) is 4.20. The molecule has 1 aliphatic heterocycles. The van der Waals surface area contributed by atoms with Crippen LogP contribution < -0.4 is 10.2 Å². The lowest BCUT2D eigenvalue weighted by Gasteiger charge is -2.28. The van der Waals surface area contributed by atoms with Crippen molar-refractivity contribution in [3.63, 3.8) is 0 Å². The van der Waals surface area contributed by atoms with Crippen LogP contribution in [0, 0.1) is 0 Å². The Morgan fingerprint density at radius 3 is 2.38 bits per heavy atom. The smallest absolute Gasteiger partial charge is 0.381 e. The van der Waals surface area contributed by atoms with E-state index >= 15 is 0 Å². The minimum Gasteiger partial charge on any atom is -0.381 e. The van der Waals surface area contributed by atoms with Crippen LogP contribution in [0.25, 0.3) is 0 Å². The zero-order valence-electron chi connectivity index (χ0n) is 13.1. The summed E-state index contributed by atoms with van der Waals surface area (Å²) in [5.74, 6) is 0. The van der Waals surface area contributed by atoms with Crippen molar-refractivity contribution in [1.29, 1.82) is 0 Å². The SMILES string of the molecule is FC(F)(F)c1cccc(CNc2ccc(N3CCOCC3)cc2)c1. The highest BCUT2D eigenvalue weighted by molar-refractivity contribution is 5.55. The topological polar surface area (TPSA) is 24.5 Å². The summed E-state index contributed by atoms with van der Waals surface area (Å²) in [5, 5.41) is 3.16. The minimum absolute atomic E-state index is 0.348. The normalized spacial score (nSPS) is 15.4. The van der Waals surface area contributed by atoms with Crippen LogP contribution in [-0.4, -0.2) is 26.3 Å². The summed E-state index contributed by atoms with van der Waals surface area (Å²) in [6.45, 7) is 3.56. The molecule has 1 fully saturated rings. The molecule has 128 valence electrons. The van der Waals surface area contributed by atoms with E-state index < -0.39 is 11.7 Å². The van der Waals surface area contributed by atoms with Gasteiger partial charge in [0, 0.05) is 31.0 Å². The minimum atomic E-state index is -4.31. The van der Waals surface area contributed by atoms with Gasteiger partial charge in [-0.2, -0.15) is 13.2 Å². The highest BCUT2D eigenvalue weighted by atomic mass is 19.4. The predicted octanol–water partition coefficient (Wildman–Crippen LogP) is 4.15. The molecule has 0 unspecified atom stereocenters. The maximum Gasteiger partial charge on any atom is 0.416 e. The monoisotopic (exact) mass is 336 g/mol. The van der Waals surface area contributed by atoms with Crippen molar-refractivity contribution in [2.24, 2.45) is 0 Å². The number of alkyl halides is 3. The van der Waals surface area contributed by atoms with E-state index in [0.29, 0.717) is 12.1 Å². The number of rotatable bonds is 4. The molecule has 0 atom stereocenters. The Kier molecular flexibility index (Phi) is 4.94. The lowest BCUT2D eigenvalue weighted by Crippen LogP contribution is -2.36. The van der Waals surface area contributed by atoms with Gasteiger partial charge in [0.25, 0.3) is 0 Å². The number of ether oxygens (including phenoxy) is 1. The van der Waals surface area contributed by atoms with Gasteiger partial charge in [0.2, 0.25) is 0 Å². The molecule has 3 nitrogen and oxygen atoms in total. The summed E-state index contributed by atoms with van der Waals surface area (Å²) in [5.41, 5.74) is 1.99. The van der Waals surface area contributed by atoms with Crippen LogP contribution in [0.5, 0.6) is 0 Å². The lowest BCUT2D eigenvalue weighted by molar-refractivity contribution is -0.137. The van der Waals surface area contributed by atoms with Gasteiger partial charge in [0.15, 0.2) is 0 Å². The Morgan fingerprint density at radius 2 is 1.71 bits per heavy atom. The van der Waals surface area contributed by atoms with Crippen LogP contribution in [0.3, 0.4) is 0 Å². The molecule has 0 aliphatic carbocycles. The molecule has 24 heavy (non-hydrogen) atoms. The first-order valence-electron chi connectivity index (χ1n) is 7.85. The predicted molar refractivity (Wildman–Crippen MR) is 88.2 cm³/mol. The summed E-state index contributed by atoms with van der Waals surface area (Å²) in [7, 11) is 0. The second-order valence-electron chi connectivity index (χ2n) is 5.70. The van der Waals surface area contributed by atoms with E-state index in [1.54, 1.807) is 6.07 Å². The number of benzene rings is 2. The van der Waals surface area contributed by atoms with E-state index in [2.05, 4.69) is 10.2 Å². The van der Waals surface area contributed by atoms with E-state index in [0.717, 1.165) is 43.7 Å². The summed E-state index contributed by atoms with van der Waals surface area (Å²) in [6, 6.07) is 13.3. The molecular weight excluding hydrogens is 317 g/mol. The van der Waals surface area contributed by atoms with Gasteiger partial charge in [-0.1, -0.05) is 12.1 Å². The highest BCUT2D eigenvalue weighted by Crippen LogP contribution is 2.29. The summed E-state index contributed by atoms with van der Waals surface area (Å²) in [6.07, 6.45) is -4.31. The zero-order valence-corrected chi connectivity index (χ0v) is 13.1. The first-order valence-corrected chi connectivity index (χ1v) is 7.85. The zero-order chi connectivity index (χ0) is 17.0. The first kappa shape index (κ1) is 16.6. The van der Waals surface area contributed by atoms with Crippen LogP contribution in [0.2, 0.25) is 0 Å². The largest absolute Gasteiger partial charge is 0.416 e. The average Bonchev–Trinajstić information content (AvgIpc) is 2.61. The third-order valence-electron chi connectivity index (χ3n) is 3.99. The molecule has 1 N–H and O–H groups in total. The van der Waals surface area contributed by atoms with Gasteiger partial charge in [-0.25, -0.2) is 0 Å². The van der Waals surface area contributed by atoms with Gasteiger partial charge in [-0.05, 0) is 42.0 Å². The number of hydrogen-bond donors (Lipinski definition) is 1. The van der Waals surface area contributed by atoms with E-state index in [1.165, 1.54) is 12.1 Å². The lowest BCUT2D eigenvalue weighted by atomic mass is 10.1. The number of hydrogen-bond acceptors (Lipinski definition) is 3. The molecule has 1 heterocycles. The second-order valence-corrected chi connectivity index (χ2v) is 5.70. The van der Waals surface area contributed by atoms with Gasteiger partial charge in [0.1, 0.15) is 0 Å². The maximum absolute atomic E-state index is 12.7. The Balaban J connectivity index is 1.60. The summed E-state index contributed by atoms with van der Waals surface area (Å²) < 4.78 is 43.5. The molecule has 2 aromatic rings. The number of halogens is 3. The van der Waals surface area contributed by atoms with Crippen molar-refractivity contribution >= 4 is 11.4 Å². The molecule has 0 amide bonds. The molecule has 0 aromatic heterocycles. The van der Waals surface area contributed by atoms with Crippen LogP contribution in [-0.2, 0) is 17.5 Å². The number of morpholine rings is 1. The van der Waals surface area contributed by atoms with E-state index in [-0.39, 0.29) is 0 Å². The Labute approximate surface area is 139 Å². The standard InChI is InChI=1S/C18H19F3N2O/c19-18(20,21)15-3-1-2-14(12-15)13-22-16-4-6-17(7-5-16)23-8-10-24-11-9-23/h1-7,12,22H,8-11,13H2. The van der Waals surface area contributed by atoms with Crippen LogP contribution >= 0.6 is 0 Å². The van der Waals surface area contributed by atoms with Crippen LogP contribution in [0.1, 0.15) is 11.1 Å². The fourth-order valence-corrected chi connectivity index (χ4v) is 2.67. The van der Waals surface area contributed by atoms with Gasteiger partial charge < -0.3 is 15.0 Å². The van der Waals surface area contributed by atoms with Crippen molar-refractivity contribution in [1.82, 2.24) is 0 Å². The van der Waals surface area contributed by atoms with E-state index in [9.17, 15) is 13.2 Å². The molecule has 6 heteroatoms. The average molecular weight is 336 g/mol. The van der Waals surface area contributed by atoms with Crippen LogP contribution in [0.4, 0.5) is 24.5 Å². The molecule has 0 bridgehead atoms.